The molecular weight excluding hydrogens is 298 g/mol. The van der Waals surface area contributed by atoms with Crippen molar-refractivity contribution in [3.05, 3.63) is 59.2 Å². The molecule has 0 aliphatic carbocycles. The van der Waals surface area contributed by atoms with Crippen LogP contribution in [0.25, 0.3) is 0 Å². The molecule has 0 fully saturated rings. The number of benzene rings is 2. The van der Waals surface area contributed by atoms with Gasteiger partial charge in [-0.2, -0.15) is 0 Å². The number of carbonyl (C=O) groups is 1. The third kappa shape index (κ3) is 3.86. The van der Waals surface area contributed by atoms with Crippen LogP contribution in [0.2, 0.25) is 0 Å². The van der Waals surface area contributed by atoms with Gasteiger partial charge in [0, 0.05) is 11.3 Å². The number of nitrogens with one attached hydrogen (secondary N) is 1. The summed E-state index contributed by atoms with van der Waals surface area (Å²) >= 11 is 5.58. The Morgan fingerprint density at radius 3 is 2.50 bits per heavy atom. The minimum absolute atomic E-state index is 0.158. The summed E-state index contributed by atoms with van der Waals surface area (Å²) in [4.78, 5) is 16.4. The first-order chi connectivity index (χ1) is 10.5. The Kier molecular flexibility index (Phi) is 5.17. The van der Waals surface area contributed by atoms with Crippen molar-refractivity contribution in [1.29, 1.82) is 0 Å². The van der Waals surface area contributed by atoms with Gasteiger partial charge in [0.05, 0.1) is 11.6 Å². The van der Waals surface area contributed by atoms with E-state index in [0.29, 0.717) is 17.1 Å². The molecule has 0 atom stereocenters. The van der Waals surface area contributed by atoms with Crippen LogP contribution in [0.3, 0.4) is 0 Å². The number of amidine groups is 1. The highest BCUT2D eigenvalue weighted by molar-refractivity contribution is 6.28. The van der Waals surface area contributed by atoms with Crippen LogP contribution in [0.1, 0.15) is 21.5 Å². The van der Waals surface area contributed by atoms with Crippen molar-refractivity contribution < 1.29 is 4.79 Å². The van der Waals surface area contributed by atoms with Crippen molar-refractivity contribution in [3.63, 3.8) is 0 Å². The standard InChI is InChI=1S/C17H18ClN3O/c1-11-4-3-5-15(12(11)2)21-17(22)13-6-8-14(9-7-13)20-16(19)10-18/h3-9H,10H2,1-2H3,(H2,19,20)(H,21,22). The summed E-state index contributed by atoms with van der Waals surface area (Å²) in [7, 11) is 0. The Morgan fingerprint density at radius 2 is 1.86 bits per heavy atom. The second-order valence-electron chi connectivity index (χ2n) is 4.99. The van der Waals surface area contributed by atoms with Gasteiger partial charge < -0.3 is 11.1 Å². The SMILES string of the molecule is Cc1cccc(NC(=O)c2ccc(N=C(N)CCl)cc2)c1C. The summed E-state index contributed by atoms with van der Waals surface area (Å²) in [5, 5.41) is 2.92. The van der Waals surface area contributed by atoms with E-state index in [-0.39, 0.29) is 11.8 Å². The molecule has 3 N–H and O–H groups in total. The third-order valence-electron chi connectivity index (χ3n) is 3.39. The Bertz CT molecular complexity index is 708. The molecule has 0 heterocycles. The van der Waals surface area contributed by atoms with Gasteiger partial charge in [0.25, 0.3) is 5.91 Å². The van der Waals surface area contributed by atoms with E-state index in [9.17, 15) is 4.79 Å². The Balaban J connectivity index is 2.15. The summed E-state index contributed by atoms with van der Waals surface area (Å²) in [6.07, 6.45) is 0. The van der Waals surface area contributed by atoms with Crippen LogP contribution < -0.4 is 11.1 Å². The predicted molar refractivity (Wildman–Crippen MR) is 92.3 cm³/mol. The molecule has 0 aliphatic heterocycles. The average Bonchev–Trinajstić information content (AvgIpc) is 2.52. The molecule has 4 nitrogen and oxygen atoms in total. The largest absolute Gasteiger partial charge is 0.386 e. The first-order valence-corrected chi connectivity index (χ1v) is 7.41. The van der Waals surface area contributed by atoms with Gasteiger partial charge in [-0.3, -0.25) is 4.79 Å². The number of anilines is 1. The fraction of sp³-hybridized carbons (Fsp3) is 0.176. The van der Waals surface area contributed by atoms with E-state index < -0.39 is 0 Å². The Morgan fingerprint density at radius 1 is 1.18 bits per heavy atom. The molecule has 0 saturated heterocycles. The fourth-order valence-electron chi connectivity index (χ4n) is 1.96. The number of hydrogen-bond donors (Lipinski definition) is 2. The number of hydrogen-bond acceptors (Lipinski definition) is 2. The monoisotopic (exact) mass is 315 g/mol. The van der Waals surface area contributed by atoms with Crippen LogP contribution >= 0.6 is 11.6 Å². The summed E-state index contributed by atoms with van der Waals surface area (Å²) in [6, 6.07) is 12.7. The lowest BCUT2D eigenvalue weighted by molar-refractivity contribution is 0.102. The zero-order valence-electron chi connectivity index (χ0n) is 12.6. The molecule has 2 aromatic carbocycles. The molecule has 2 rings (SSSR count). The normalized spacial score (nSPS) is 11.3. The van der Waals surface area contributed by atoms with E-state index in [0.717, 1.165) is 16.8 Å². The maximum Gasteiger partial charge on any atom is 0.255 e. The van der Waals surface area contributed by atoms with E-state index >= 15 is 0 Å². The molecule has 0 radical (unpaired) electrons. The second kappa shape index (κ2) is 7.09. The number of aliphatic imine (C=N–C) groups is 1. The molecule has 114 valence electrons. The van der Waals surface area contributed by atoms with Crippen LogP contribution in [0, 0.1) is 13.8 Å². The van der Waals surface area contributed by atoms with E-state index in [1.54, 1.807) is 24.3 Å². The first-order valence-electron chi connectivity index (χ1n) is 6.88. The van der Waals surface area contributed by atoms with E-state index in [2.05, 4.69) is 10.3 Å². The van der Waals surface area contributed by atoms with E-state index in [1.165, 1.54) is 0 Å². The number of aryl methyl sites for hydroxylation is 1. The van der Waals surface area contributed by atoms with Crippen LogP contribution in [0.5, 0.6) is 0 Å². The van der Waals surface area contributed by atoms with Gasteiger partial charge in [-0.15, -0.1) is 11.6 Å². The zero-order chi connectivity index (χ0) is 16.1. The minimum atomic E-state index is -0.158. The average molecular weight is 316 g/mol. The van der Waals surface area contributed by atoms with Gasteiger partial charge in [-0.1, -0.05) is 12.1 Å². The molecule has 2 aromatic rings. The van der Waals surface area contributed by atoms with Crippen LogP contribution in [0.15, 0.2) is 47.5 Å². The smallest absolute Gasteiger partial charge is 0.255 e. The summed E-state index contributed by atoms with van der Waals surface area (Å²) in [6.45, 7) is 4.00. The highest BCUT2D eigenvalue weighted by atomic mass is 35.5. The van der Waals surface area contributed by atoms with Gasteiger partial charge >= 0.3 is 0 Å². The highest BCUT2D eigenvalue weighted by Crippen LogP contribution is 2.19. The maximum absolute atomic E-state index is 12.3. The number of nitrogens with zero attached hydrogens (tertiary/aromatic N) is 1. The first kappa shape index (κ1) is 16.0. The Labute approximate surface area is 135 Å². The maximum atomic E-state index is 12.3. The van der Waals surface area contributed by atoms with Crippen LogP contribution in [-0.4, -0.2) is 17.6 Å². The van der Waals surface area contributed by atoms with Crippen molar-refractivity contribution in [1.82, 2.24) is 0 Å². The van der Waals surface area contributed by atoms with Crippen LogP contribution in [-0.2, 0) is 0 Å². The number of rotatable bonds is 4. The van der Waals surface area contributed by atoms with Gasteiger partial charge in [0.2, 0.25) is 0 Å². The molecule has 22 heavy (non-hydrogen) atoms. The van der Waals surface area contributed by atoms with Crippen LogP contribution in [0.4, 0.5) is 11.4 Å². The van der Waals surface area contributed by atoms with E-state index in [4.69, 9.17) is 17.3 Å². The topological polar surface area (TPSA) is 67.5 Å². The quantitative estimate of drug-likeness (QED) is 0.512. The molecule has 0 unspecified atom stereocenters. The van der Waals surface area contributed by atoms with Crippen molar-refractivity contribution in [2.45, 2.75) is 13.8 Å². The molecular formula is C17H18ClN3O. The molecule has 0 aromatic heterocycles. The number of alkyl halides is 1. The molecule has 5 heteroatoms. The number of carbonyl (C=O) groups excluding carboxylic acids is 1. The van der Waals surface area contributed by atoms with E-state index in [1.807, 2.05) is 32.0 Å². The summed E-state index contributed by atoms with van der Waals surface area (Å²) in [5.74, 6) is 0.360. The van der Waals surface area contributed by atoms with Gasteiger partial charge in [0.15, 0.2) is 0 Å². The van der Waals surface area contributed by atoms with Gasteiger partial charge in [0.1, 0.15) is 5.84 Å². The highest BCUT2D eigenvalue weighted by Gasteiger charge is 2.08. The third-order valence-corrected chi connectivity index (χ3v) is 3.67. The second-order valence-corrected chi connectivity index (χ2v) is 5.25. The number of nitrogens with two attached hydrogens (primary N) is 1. The summed E-state index contributed by atoms with van der Waals surface area (Å²) < 4.78 is 0. The Hall–Kier alpha value is -2.33. The fourth-order valence-corrected chi connectivity index (χ4v) is 2.02. The lowest BCUT2D eigenvalue weighted by Gasteiger charge is -2.10. The molecule has 0 spiro atoms. The molecule has 0 saturated carbocycles. The predicted octanol–water partition coefficient (Wildman–Crippen LogP) is 3.78. The van der Waals surface area contributed by atoms with Crippen molar-refractivity contribution in [3.8, 4) is 0 Å². The summed E-state index contributed by atoms with van der Waals surface area (Å²) in [5.41, 5.74) is 9.82. The number of halogens is 1. The van der Waals surface area contributed by atoms with Crippen molar-refractivity contribution in [2.75, 3.05) is 11.2 Å². The van der Waals surface area contributed by atoms with Crippen molar-refractivity contribution >= 4 is 34.7 Å². The zero-order valence-corrected chi connectivity index (χ0v) is 13.3. The van der Waals surface area contributed by atoms with Gasteiger partial charge in [-0.25, -0.2) is 4.99 Å². The lowest BCUT2D eigenvalue weighted by Crippen LogP contribution is -2.13. The van der Waals surface area contributed by atoms with Gasteiger partial charge in [-0.05, 0) is 55.3 Å². The lowest BCUT2D eigenvalue weighted by atomic mass is 10.1. The molecule has 1 amide bonds. The molecule has 0 aliphatic rings. The van der Waals surface area contributed by atoms with Crippen molar-refractivity contribution in [2.24, 2.45) is 10.7 Å². The minimum Gasteiger partial charge on any atom is -0.386 e. The number of amides is 1. The molecule has 0 bridgehead atoms.